The number of aryl methyl sites for hydroxylation is 1. The summed E-state index contributed by atoms with van der Waals surface area (Å²) >= 11 is 0. The summed E-state index contributed by atoms with van der Waals surface area (Å²) in [6, 6.07) is 9.25. The number of nitrogens with one attached hydrogen (secondary N) is 1. The Bertz CT molecular complexity index is 838. The quantitative estimate of drug-likeness (QED) is 0.865. The third-order valence-corrected chi connectivity index (χ3v) is 6.15. The van der Waals surface area contributed by atoms with Crippen LogP contribution < -0.4 is 10.2 Å². The van der Waals surface area contributed by atoms with E-state index in [1.54, 1.807) is 12.1 Å². The predicted molar refractivity (Wildman–Crippen MR) is 102 cm³/mol. The number of anilines is 2. The molecule has 1 aliphatic carbocycles. The highest BCUT2D eigenvalue weighted by molar-refractivity contribution is 5.48. The molecule has 2 atom stereocenters. The largest absolute Gasteiger partial charge is 0.385 e. The summed E-state index contributed by atoms with van der Waals surface area (Å²) in [5.41, 5.74) is 0.859. The number of benzene rings is 1. The van der Waals surface area contributed by atoms with E-state index in [0.29, 0.717) is 18.9 Å². The van der Waals surface area contributed by atoms with Crippen molar-refractivity contribution in [2.45, 2.75) is 69.2 Å². The first-order valence-corrected chi connectivity index (χ1v) is 9.89. The van der Waals surface area contributed by atoms with E-state index < -0.39 is 5.60 Å². The number of hydrogen-bond acceptors (Lipinski definition) is 5. The van der Waals surface area contributed by atoms with Crippen molar-refractivity contribution in [3.8, 4) is 0 Å². The van der Waals surface area contributed by atoms with Crippen molar-refractivity contribution in [2.24, 2.45) is 0 Å². The molecule has 1 aromatic carbocycles. The van der Waals surface area contributed by atoms with Gasteiger partial charge in [0.05, 0.1) is 5.60 Å². The maximum atomic E-state index is 13.3. The molecule has 0 spiro atoms. The average Bonchev–Trinajstić information content (AvgIpc) is 3.38. The van der Waals surface area contributed by atoms with E-state index in [9.17, 15) is 9.50 Å². The van der Waals surface area contributed by atoms with Crippen molar-refractivity contribution in [2.75, 3.05) is 10.2 Å². The van der Waals surface area contributed by atoms with E-state index in [4.69, 9.17) is 9.97 Å². The predicted octanol–water partition coefficient (Wildman–Crippen LogP) is 3.52. The van der Waals surface area contributed by atoms with Crippen LogP contribution in [-0.2, 0) is 5.60 Å². The lowest BCUT2D eigenvalue weighted by Gasteiger charge is -2.44. The number of nitrogens with zero attached hydrogens (tertiary/aromatic N) is 3. The maximum absolute atomic E-state index is 13.3. The van der Waals surface area contributed by atoms with Gasteiger partial charge >= 0.3 is 0 Å². The molecule has 2 N–H and O–H groups in total. The lowest BCUT2D eigenvalue weighted by Crippen LogP contribution is -2.50. The molecule has 1 aromatic heterocycles. The van der Waals surface area contributed by atoms with Crippen molar-refractivity contribution in [3.63, 3.8) is 0 Å². The van der Waals surface area contributed by atoms with Gasteiger partial charge < -0.3 is 15.3 Å². The number of halogens is 1. The number of aromatic nitrogens is 2. The average molecular weight is 368 g/mol. The van der Waals surface area contributed by atoms with Crippen LogP contribution in [0.4, 0.5) is 16.2 Å². The fourth-order valence-corrected chi connectivity index (χ4v) is 4.73. The number of aliphatic hydroxyl groups is 1. The first-order valence-electron chi connectivity index (χ1n) is 9.89. The van der Waals surface area contributed by atoms with Crippen LogP contribution in [-0.4, -0.2) is 33.2 Å². The van der Waals surface area contributed by atoms with Crippen LogP contribution in [0.2, 0.25) is 0 Å². The van der Waals surface area contributed by atoms with Crippen molar-refractivity contribution < 1.29 is 9.50 Å². The van der Waals surface area contributed by atoms with Crippen LogP contribution in [0.1, 0.15) is 49.8 Å². The monoisotopic (exact) mass is 368 g/mol. The molecular weight excluding hydrogens is 343 g/mol. The highest BCUT2D eigenvalue weighted by Gasteiger charge is 2.49. The summed E-state index contributed by atoms with van der Waals surface area (Å²) in [5, 5.41) is 14.8. The summed E-state index contributed by atoms with van der Waals surface area (Å²) in [6.45, 7) is 2.00. The van der Waals surface area contributed by atoms with Gasteiger partial charge in [-0.3, -0.25) is 0 Å². The SMILES string of the molecule is Cc1cc(NC2CC2)nc(N2C3CCC2CC(O)(c2ccc(F)cc2)C3)n1. The number of hydrogen-bond donors (Lipinski definition) is 2. The van der Waals surface area contributed by atoms with Gasteiger partial charge in [-0.25, -0.2) is 9.37 Å². The Morgan fingerprint density at radius 3 is 2.37 bits per heavy atom. The topological polar surface area (TPSA) is 61.3 Å². The molecule has 3 aliphatic rings. The van der Waals surface area contributed by atoms with E-state index in [-0.39, 0.29) is 17.9 Å². The molecule has 0 amide bonds. The van der Waals surface area contributed by atoms with Gasteiger partial charge in [-0.1, -0.05) is 12.1 Å². The molecule has 1 saturated carbocycles. The molecule has 0 radical (unpaired) electrons. The normalized spacial score (nSPS) is 29.8. The summed E-state index contributed by atoms with van der Waals surface area (Å²) in [4.78, 5) is 11.8. The van der Waals surface area contributed by atoms with Crippen LogP contribution in [0.3, 0.4) is 0 Å². The Morgan fingerprint density at radius 2 is 1.74 bits per heavy atom. The third-order valence-electron chi connectivity index (χ3n) is 6.15. The zero-order chi connectivity index (χ0) is 18.6. The summed E-state index contributed by atoms with van der Waals surface area (Å²) < 4.78 is 13.3. The van der Waals surface area contributed by atoms with Crippen LogP contribution in [0.15, 0.2) is 30.3 Å². The molecule has 3 heterocycles. The second-order valence-electron chi connectivity index (χ2n) is 8.35. The molecule has 3 fully saturated rings. The molecular formula is C21H25FN4O. The van der Waals surface area contributed by atoms with E-state index in [2.05, 4.69) is 10.2 Å². The van der Waals surface area contributed by atoms with Gasteiger partial charge in [0, 0.05) is 42.7 Å². The first kappa shape index (κ1) is 16.9. The third kappa shape index (κ3) is 3.16. The smallest absolute Gasteiger partial charge is 0.228 e. The first-order chi connectivity index (χ1) is 13.0. The lowest BCUT2D eigenvalue weighted by molar-refractivity contribution is -0.00340. The molecule has 142 valence electrons. The van der Waals surface area contributed by atoms with Crippen LogP contribution in [0, 0.1) is 12.7 Å². The minimum atomic E-state index is -0.908. The van der Waals surface area contributed by atoms with Gasteiger partial charge in [0.15, 0.2) is 0 Å². The zero-order valence-corrected chi connectivity index (χ0v) is 15.5. The van der Waals surface area contributed by atoms with E-state index in [1.807, 2.05) is 13.0 Å². The molecule has 2 saturated heterocycles. The Kier molecular flexibility index (Phi) is 3.86. The molecule has 2 bridgehead atoms. The standard InChI is InChI=1S/C21H25FN4O/c1-13-10-19(24-16-6-7-16)25-20(23-13)26-17-8-9-18(26)12-21(27,11-17)14-2-4-15(22)5-3-14/h2-5,10,16-18,27H,6-9,11-12H2,1H3,(H,23,24,25). The highest BCUT2D eigenvalue weighted by atomic mass is 19.1. The number of fused-ring (bicyclic) bond motifs is 2. The van der Waals surface area contributed by atoms with Gasteiger partial charge in [-0.2, -0.15) is 4.98 Å². The Morgan fingerprint density at radius 1 is 1.07 bits per heavy atom. The second-order valence-corrected chi connectivity index (χ2v) is 8.35. The van der Waals surface area contributed by atoms with E-state index >= 15 is 0 Å². The minimum Gasteiger partial charge on any atom is -0.385 e. The van der Waals surface area contributed by atoms with Gasteiger partial charge in [0.25, 0.3) is 0 Å². The summed E-state index contributed by atoms with van der Waals surface area (Å²) in [7, 11) is 0. The van der Waals surface area contributed by atoms with Crippen molar-refractivity contribution in [3.05, 3.63) is 47.4 Å². The van der Waals surface area contributed by atoms with Gasteiger partial charge in [-0.15, -0.1) is 0 Å². The van der Waals surface area contributed by atoms with Crippen molar-refractivity contribution in [1.82, 2.24) is 9.97 Å². The van der Waals surface area contributed by atoms with Gasteiger partial charge in [0.1, 0.15) is 11.6 Å². The Balaban J connectivity index is 1.42. The molecule has 2 unspecified atom stereocenters. The second kappa shape index (κ2) is 6.16. The maximum Gasteiger partial charge on any atom is 0.228 e. The molecule has 2 aliphatic heterocycles. The fourth-order valence-electron chi connectivity index (χ4n) is 4.73. The molecule has 2 aromatic rings. The van der Waals surface area contributed by atoms with Crippen LogP contribution in [0.5, 0.6) is 0 Å². The van der Waals surface area contributed by atoms with E-state index in [0.717, 1.165) is 35.9 Å². The molecule has 6 heteroatoms. The number of piperidine rings is 1. The molecule has 27 heavy (non-hydrogen) atoms. The molecule has 5 rings (SSSR count). The van der Waals surface area contributed by atoms with Crippen molar-refractivity contribution >= 4 is 11.8 Å². The van der Waals surface area contributed by atoms with Gasteiger partial charge in [0.2, 0.25) is 5.95 Å². The van der Waals surface area contributed by atoms with Gasteiger partial charge in [-0.05, 0) is 50.3 Å². The number of rotatable bonds is 4. The van der Waals surface area contributed by atoms with E-state index in [1.165, 1.54) is 25.0 Å². The summed E-state index contributed by atoms with van der Waals surface area (Å²) in [5.74, 6) is 1.40. The van der Waals surface area contributed by atoms with Crippen LogP contribution in [0.25, 0.3) is 0 Å². The summed E-state index contributed by atoms with van der Waals surface area (Å²) in [6.07, 6.45) is 5.71. The zero-order valence-electron chi connectivity index (χ0n) is 15.5. The Labute approximate surface area is 158 Å². The highest BCUT2D eigenvalue weighted by Crippen LogP contribution is 2.47. The van der Waals surface area contributed by atoms with Crippen molar-refractivity contribution in [1.29, 1.82) is 0 Å². The minimum absolute atomic E-state index is 0.203. The Hall–Kier alpha value is -2.21. The van der Waals surface area contributed by atoms with Crippen LogP contribution >= 0.6 is 0 Å². The fraction of sp³-hybridized carbons (Fsp3) is 0.524. The lowest BCUT2D eigenvalue weighted by atomic mass is 9.80. The molecule has 5 nitrogen and oxygen atoms in total.